The molecule has 0 saturated carbocycles. The van der Waals surface area contributed by atoms with Crippen molar-refractivity contribution in [3.8, 4) is 0 Å². The van der Waals surface area contributed by atoms with E-state index in [9.17, 15) is 16.8 Å². The third-order valence-electron chi connectivity index (χ3n) is 7.49. The van der Waals surface area contributed by atoms with Crippen molar-refractivity contribution in [3.63, 3.8) is 0 Å². The molecule has 0 spiro atoms. The molecule has 0 unspecified atom stereocenters. The summed E-state index contributed by atoms with van der Waals surface area (Å²) in [6, 6.07) is 13.8. The molecule has 0 fully saturated rings. The van der Waals surface area contributed by atoms with Crippen LogP contribution in [0, 0.1) is 13.8 Å². The molecule has 5 heterocycles. The normalized spacial score (nSPS) is 20.9. The van der Waals surface area contributed by atoms with Crippen molar-refractivity contribution in [2.24, 2.45) is 0 Å². The molecule has 0 atom stereocenters. The second-order valence-electron chi connectivity index (χ2n) is 11.0. The van der Waals surface area contributed by atoms with E-state index in [0.717, 1.165) is 54.0 Å². The van der Waals surface area contributed by atoms with Crippen LogP contribution in [-0.2, 0) is 20.0 Å². The van der Waals surface area contributed by atoms with Crippen molar-refractivity contribution < 1.29 is 16.8 Å². The van der Waals surface area contributed by atoms with E-state index in [0.29, 0.717) is 0 Å². The molecule has 4 N–H and O–H groups in total. The van der Waals surface area contributed by atoms with Crippen LogP contribution < -0.4 is 21.3 Å². The summed E-state index contributed by atoms with van der Waals surface area (Å²) in [5.74, 6) is 0. The van der Waals surface area contributed by atoms with Gasteiger partial charge in [-0.3, -0.25) is 0 Å². The number of benzene rings is 2. The third-order valence-corrected chi connectivity index (χ3v) is 15.1. The molecule has 0 aromatic heterocycles. The van der Waals surface area contributed by atoms with E-state index in [2.05, 4.69) is 21.3 Å². The smallest absolute Gasteiger partial charge is 0.243 e. The maximum atomic E-state index is 13.9. The summed E-state index contributed by atoms with van der Waals surface area (Å²) in [4.78, 5) is 0.479. The van der Waals surface area contributed by atoms with E-state index in [-0.39, 0.29) is 36.0 Å². The first kappa shape index (κ1) is 31.9. The van der Waals surface area contributed by atoms with Crippen LogP contribution in [0.15, 0.2) is 123 Å². The Morgan fingerprint density at radius 1 is 0.478 bits per heavy atom. The summed E-state index contributed by atoms with van der Waals surface area (Å²) in [5, 5.41) is 24.6. The highest BCUT2D eigenvalue weighted by Crippen LogP contribution is 2.39. The Balaban J connectivity index is 1.21. The molecule has 2 aromatic rings. The lowest BCUT2D eigenvalue weighted by atomic mass is 10.2. The molecule has 7 rings (SSSR count). The zero-order valence-corrected chi connectivity index (χ0v) is 29.6. The van der Waals surface area contributed by atoms with Gasteiger partial charge in [0.05, 0.1) is 36.0 Å². The van der Waals surface area contributed by atoms with Crippen molar-refractivity contribution in [2.45, 2.75) is 23.6 Å². The van der Waals surface area contributed by atoms with Gasteiger partial charge >= 0.3 is 0 Å². The molecule has 16 heteroatoms. The molecular weight excluding hydrogens is 701 g/mol. The Bertz CT molecular complexity index is 1790. The van der Waals surface area contributed by atoms with Crippen LogP contribution in [0.2, 0.25) is 0 Å². The van der Waals surface area contributed by atoms with Crippen molar-refractivity contribution >= 4 is 67.1 Å². The van der Waals surface area contributed by atoms with Gasteiger partial charge in [0.25, 0.3) is 0 Å². The lowest BCUT2D eigenvalue weighted by Gasteiger charge is -2.25. The molecule has 0 saturated heterocycles. The van der Waals surface area contributed by atoms with Gasteiger partial charge in [0.15, 0.2) is 0 Å². The van der Waals surface area contributed by atoms with Crippen LogP contribution in [0.5, 0.6) is 0 Å². The number of nitrogens with zero attached hydrogens (tertiary/aromatic N) is 2. The molecule has 0 aliphatic carbocycles. The average Bonchev–Trinajstić information content (AvgIpc) is 3.84. The number of fused-ring (bicyclic) bond motifs is 8. The van der Waals surface area contributed by atoms with Crippen molar-refractivity contribution in [3.05, 3.63) is 124 Å². The molecule has 240 valence electrons. The number of aryl methyl sites for hydroxylation is 2. The fraction of sp³-hybridized carbons (Fsp3) is 0.200. The summed E-state index contributed by atoms with van der Waals surface area (Å²) in [7, 11) is -7.65. The SMILES string of the molecule is Cc1ccc(S(=O)(=O)N2CC3=CSC(=C4NC(=CS4)CN(S(=O)(=O)c4ccc(C)cc4)CC4=CSC(=C5NC(=CS5)C2)N4)N3)cc1. The minimum Gasteiger partial charge on any atom is -0.350 e. The van der Waals surface area contributed by atoms with Gasteiger partial charge in [-0.05, 0) is 59.7 Å². The van der Waals surface area contributed by atoms with E-state index in [1.54, 1.807) is 48.5 Å². The van der Waals surface area contributed by atoms with E-state index in [1.165, 1.54) is 55.7 Å². The highest BCUT2D eigenvalue weighted by Gasteiger charge is 2.33. The van der Waals surface area contributed by atoms with Crippen LogP contribution in [0.1, 0.15) is 11.1 Å². The quantitative estimate of drug-likeness (QED) is 0.340. The largest absolute Gasteiger partial charge is 0.350 e. The Labute approximate surface area is 286 Å². The second-order valence-corrected chi connectivity index (χ2v) is 18.4. The number of rotatable bonds is 4. The first-order valence-corrected chi connectivity index (χ1v) is 20.6. The van der Waals surface area contributed by atoms with E-state index in [1.807, 2.05) is 35.5 Å². The molecule has 0 amide bonds. The molecular formula is C30H30N6O4S6. The summed E-state index contributed by atoms with van der Waals surface area (Å²) in [5.41, 5.74) is 4.95. The fourth-order valence-electron chi connectivity index (χ4n) is 5.02. The molecule has 46 heavy (non-hydrogen) atoms. The van der Waals surface area contributed by atoms with Gasteiger partial charge in [0, 0.05) is 22.8 Å². The standard InChI is InChI=1S/C30H30N6O4S6/c1-19-3-7-25(8-4-19)45(37,38)35-11-21-15-41-27(31-21)29-33-23(17-43-29)13-36(46(39,40)26-9-5-20(2)6-10-26)14-24-18-44-30(34-24)28-32-22(12-35)16-42-28/h3-10,15-18,31-34H,11-14H2,1-2H3. The minimum atomic E-state index is -3.83. The number of sulfonamides is 2. The maximum absolute atomic E-state index is 13.9. The third kappa shape index (κ3) is 6.54. The first-order valence-electron chi connectivity index (χ1n) is 14.2. The Hall–Kier alpha value is -2.70. The van der Waals surface area contributed by atoms with Gasteiger partial charge in [-0.15, -0.1) is 0 Å². The van der Waals surface area contributed by atoms with Gasteiger partial charge in [0.2, 0.25) is 20.0 Å². The lowest BCUT2D eigenvalue weighted by molar-refractivity contribution is 0.448. The summed E-state index contributed by atoms with van der Waals surface area (Å²) < 4.78 is 58.7. The highest BCUT2D eigenvalue weighted by molar-refractivity contribution is 8.10. The Kier molecular flexibility index (Phi) is 8.82. The van der Waals surface area contributed by atoms with Crippen molar-refractivity contribution in [1.82, 2.24) is 29.9 Å². The first-order chi connectivity index (χ1) is 22.0. The number of hydrogen-bond donors (Lipinski definition) is 4. The topological polar surface area (TPSA) is 123 Å². The molecule has 5 aliphatic rings. The highest BCUT2D eigenvalue weighted by atomic mass is 32.2. The van der Waals surface area contributed by atoms with Gasteiger partial charge in [-0.1, -0.05) is 82.4 Å². The van der Waals surface area contributed by atoms with Crippen LogP contribution >= 0.6 is 47.0 Å². The zero-order valence-electron chi connectivity index (χ0n) is 24.7. The molecule has 0 radical (unpaired) electrons. The van der Waals surface area contributed by atoms with Crippen LogP contribution in [0.4, 0.5) is 0 Å². The summed E-state index contributed by atoms with van der Waals surface area (Å²) in [6.07, 6.45) is 0. The van der Waals surface area contributed by atoms with E-state index < -0.39 is 20.0 Å². The molecule has 10 nitrogen and oxygen atoms in total. The van der Waals surface area contributed by atoms with Gasteiger partial charge in [-0.2, -0.15) is 8.61 Å². The Morgan fingerprint density at radius 3 is 1.00 bits per heavy atom. The van der Waals surface area contributed by atoms with Gasteiger partial charge < -0.3 is 21.3 Å². The monoisotopic (exact) mass is 730 g/mol. The molecule has 8 bridgehead atoms. The van der Waals surface area contributed by atoms with Crippen LogP contribution in [0.25, 0.3) is 0 Å². The summed E-state index contributed by atoms with van der Waals surface area (Å²) >= 11 is 5.88. The number of nitrogens with one attached hydrogen (secondary N) is 4. The maximum Gasteiger partial charge on any atom is 0.243 e. The van der Waals surface area contributed by atoms with Gasteiger partial charge in [-0.25, -0.2) is 16.8 Å². The van der Waals surface area contributed by atoms with Crippen LogP contribution in [0.3, 0.4) is 0 Å². The molecule has 2 aromatic carbocycles. The van der Waals surface area contributed by atoms with E-state index >= 15 is 0 Å². The van der Waals surface area contributed by atoms with Crippen LogP contribution in [-0.4, -0.2) is 51.6 Å². The second kappa shape index (κ2) is 12.7. The lowest BCUT2D eigenvalue weighted by Crippen LogP contribution is -2.38. The average molecular weight is 731 g/mol. The predicted octanol–water partition coefficient (Wildman–Crippen LogP) is 4.96. The number of thioether (sulfide) groups is 4. The van der Waals surface area contributed by atoms with E-state index in [4.69, 9.17) is 0 Å². The zero-order chi connectivity index (χ0) is 32.1. The van der Waals surface area contributed by atoms with Gasteiger partial charge in [0.1, 0.15) is 20.1 Å². The fourth-order valence-corrected chi connectivity index (χ4v) is 11.4. The van der Waals surface area contributed by atoms with Crippen molar-refractivity contribution in [1.29, 1.82) is 0 Å². The summed E-state index contributed by atoms with van der Waals surface area (Å²) in [6.45, 7) is 4.42. The minimum absolute atomic E-state index is 0.141. The molecule has 5 aliphatic heterocycles. The predicted molar refractivity (Wildman–Crippen MR) is 189 cm³/mol. The Morgan fingerprint density at radius 2 is 0.739 bits per heavy atom. The van der Waals surface area contributed by atoms with Crippen molar-refractivity contribution in [2.75, 3.05) is 26.2 Å². The number of hydrogen-bond acceptors (Lipinski definition) is 12.